The maximum absolute atomic E-state index is 8.50. The Morgan fingerprint density at radius 2 is 2.50 bits per heavy atom. The summed E-state index contributed by atoms with van der Waals surface area (Å²) in [7, 11) is 0. The number of hydrogen-bond donors (Lipinski definition) is 2. The quantitative estimate of drug-likeness (QED) is 0.550. The lowest BCUT2D eigenvalue weighted by molar-refractivity contribution is 0.274. The lowest BCUT2D eigenvalue weighted by atomic mass is 10.1. The molecule has 1 rings (SSSR count). The van der Waals surface area contributed by atoms with Crippen molar-refractivity contribution < 1.29 is 5.11 Å². The van der Waals surface area contributed by atoms with Crippen molar-refractivity contribution in [2.75, 3.05) is 26.2 Å². The van der Waals surface area contributed by atoms with Crippen LogP contribution in [0.3, 0.4) is 0 Å². The van der Waals surface area contributed by atoms with E-state index >= 15 is 0 Å². The first-order valence-electron chi connectivity index (χ1n) is 3.91. The summed E-state index contributed by atoms with van der Waals surface area (Å²) in [6.45, 7) is 2.90. The molecule has 1 radical (unpaired) electrons. The molecule has 0 aromatic heterocycles. The predicted octanol–water partition coefficient (Wildman–Crippen LogP) is -0.665. The van der Waals surface area contributed by atoms with Crippen molar-refractivity contribution in [3.05, 3.63) is 0 Å². The molecule has 1 heterocycles. The smallest absolute Gasteiger partial charge is 0.0556 e. The zero-order valence-electron chi connectivity index (χ0n) is 6.21. The summed E-state index contributed by atoms with van der Waals surface area (Å²) in [5, 5.41) is 16.0. The van der Waals surface area contributed by atoms with Gasteiger partial charge in [0.1, 0.15) is 0 Å². The van der Waals surface area contributed by atoms with Crippen LogP contribution in [0.1, 0.15) is 12.8 Å². The number of aliphatic hydroxyl groups excluding tert-OH is 1. The normalized spacial score (nSPS) is 26.7. The van der Waals surface area contributed by atoms with E-state index in [1.54, 1.807) is 0 Å². The van der Waals surface area contributed by atoms with Crippen molar-refractivity contribution in [1.82, 2.24) is 10.6 Å². The SMILES string of the molecule is OCCNC1CCC[N]C1. The molecule has 59 valence electrons. The first-order chi connectivity index (χ1) is 4.93. The van der Waals surface area contributed by atoms with Gasteiger partial charge in [0.25, 0.3) is 0 Å². The minimum atomic E-state index is 0.233. The Labute approximate surface area is 61.8 Å². The van der Waals surface area contributed by atoms with Gasteiger partial charge < -0.3 is 10.4 Å². The maximum atomic E-state index is 8.50. The van der Waals surface area contributed by atoms with Crippen LogP contribution in [-0.2, 0) is 0 Å². The van der Waals surface area contributed by atoms with Crippen LogP contribution < -0.4 is 10.6 Å². The largest absolute Gasteiger partial charge is 0.395 e. The molecule has 0 saturated carbocycles. The van der Waals surface area contributed by atoms with Crippen molar-refractivity contribution in [3.63, 3.8) is 0 Å². The van der Waals surface area contributed by atoms with Crippen molar-refractivity contribution in [2.24, 2.45) is 0 Å². The fraction of sp³-hybridized carbons (Fsp3) is 1.00. The van der Waals surface area contributed by atoms with Crippen LogP contribution in [0, 0.1) is 0 Å². The van der Waals surface area contributed by atoms with Gasteiger partial charge in [-0.1, -0.05) is 0 Å². The zero-order chi connectivity index (χ0) is 7.23. The van der Waals surface area contributed by atoms with E-state index in [0.29, 0.717) is 12.6 Å². The van der Waals surface area contributed by atoms with E-state index in [2.05, 4.69) is 10.6 Å². The topological polar surface area (TPSA) is 46.4 Å². The number of hydrogen-bond acceptors (Lipinski definition) is 2. The van der Waals surface area contributed by atoms with Gasteiger partial charge in [-0.05, 0) is 12.8 Å². The Balaban J connectivity index is 2.02. The summed E-state index contributed by atoms with van der Waals surface area (Å²) in [5.41, 5.74) is 0. The van der Waals surface area contributed by atoms with Gasteiger partial charge in [0.15, 0.2) is 0 Å². The molecule has 2 N–H and O–H groups in total. The highest BCUT2D eigenvalue weighted by Gasteiger charge is 2.11. The lowest BCUT2D eigenvalue weighted by Gasteiger charge is -2.21. The van der Waals surface area contributed by atoms with Crippen LogP contribution in [0.2, 0.25) is 0 Å². The van der Waals surface area contributed by atoms with Crippen LogP contribution in [0.5, 0.6) is 0 Å². The average Bonchev–Trinajstić information content (AvgIpc) is 2.03. The molecular weight excluding hydrogens is 128 g/mol. The fourth-order valence-corrected chi connectivity index (χ4v) is 1.22. The third kappa shape index (κ3) is 2.64. The lowest BCUT2D eigenvalue weighted by Crippen LogP contribution is -2.41. The minimum absolute atomic E-state index is 0.233. The van der Waals surface area contributed by atoms with Gasteiger partial charge in [-0.25, -0.2) is 5.32 Å². The van der Waals surface area contributed by atoms with E-state index in [0.717, 1.165) is 13.1 Å². The van der Waals surface area contributed by atoms with Crippen molar-refractivity contribution in [2.45, 2.75) is 18.9 Å². The average molecular weight is 143 g/mol. The summed E-state index contributed by atoms with van der Waals surface area (Å²) in [4.78, 5) is 0. The summed E-state index contributed by atoms with van der Waals surface area (Å²) in [5.74, 6) is 0. The van der Waals surface area contributed by atoms with E-state index < -0.39 is 0 Å². The van der Waals surface area contributed by atoms with Crippen molar-refractivity contribution in [1.29, 1.82) is 0 Å². The highest BCUT2D eigenvalue weighted by Crippen LogP contribution is 2.01. The highest BCUT2D eigenvalue weighted by atomic mass is 16.3. The predicted molar refractivity (Wildman–Crippen MR) is 40.0 cm³/mol. The molecule has 1 aliphatic rings. The van der Waals surface area contributed by atoms with E-state index in [-0.39, 0.29) is 6.61 Å². The molecule has 0 spiro atoms. The molecule has 3 nitrogen and oxygen atoms in total. The molecule has 1 aliphatic heterocycles. The summed E-state index contributed by atoms with van der Waals surface area (Å²) in [6, 6.07) is 0.529. The molecule has 0 aromatic rings. The third-order valence-corrected chi connectivity index (χ3v) is 1.76. The molecule has 3 heteroatoms. The number of nitrogens with zero attached hydrogens (tertiary/aromatic N) is 1. The summed E-state index contributed by atoms with van der Waals surface area (Å²) < 4.78 is 0. The van der Waals surface area contributed by atoms with Gasteiger partial charge in [0, 0.05) is 25.7 Å². The van der Waals surface area contributed by atoms with Gasteiger partial charge in [0.05, 0.1) is 6.61 Å². The highest BCUT2D eigenvalue weighted by molar-refractivity contribution is 4.73. The molecule has 1 fully saturated rings. The van der Waals surface area contributed by atoms with Crippen LogP contribution in [0.25, 0.3) is 0 Å². The fourth-order valence-electron chi connectivity index (χ4n) is 1.22. The summed E-state index contributed by atoms with van der Waals surface area (Å²) in [6.07, 6.45) is 2.41. The molecule has 0 bridgehead atoms. The van der Waals surface area contributed by atoms with Crippen LogP contribution >= 0.6 is 0 Å². The summed E-state index contributed by atoms with van der Waals surface area (Å²) >= 11 is 0. The first kappa shape index (κ1) is 7.98. The molecule has 10 heavy (non-hydrogen) atoms. The molecule has 0 aromatic carbocycles. The third-order valence-electron chi connectivity index (χ3n) is 1.76. The van der Waals surface area contributed by atoms with Crippen LogP contribution in [-0.4, -0.2) is 37.4 Å². The molecular formula is C7H15N2O. The number of rotatable bonds is 3. The monoisotopic (exact) mass is 143 g/mol. The standard InChI is InChI=1S/C7H15N2O/c10-5-4-9-7-2-1-3-8-6-7/h7,9-10H,1-6H2. The molecule has 1 unspecified atom stereocenters. The van der Waals surface area contributed by atoms with Crippen LogP contribution in [0.4, 0.5) is 0 Å². The van der Waals surface area contributed by atoms with E-state index in [1.807, 2.05) is 0 Å². The number of aliphatic hydroxyl groups is 1. The minimum Gasteiger partial charge on any atom is -0.395 e. The van der Waals surface area contributed by atoms with Gasteiger partial charge in [-0.2, -0.15) is 0 Å². The van der Waals surface area contributed by atoms with E-state index in [4.69, 9.17) is 5.11 Å². The second-order valence-corrected chi connectivity index (χ2v) is 2.65. The second-order valence-electron chi connectivity index (χ2n) is 2.65. The number of nitrogens with one attached hydrogen (secondary N) is 1. The maximum Gasteiger partial charge on any atom is 0.0556 e. The Morgan fingerprint density at radius 3 is 3.10 bits per heavy atom. The Hall–Kier alpha value is -0.120. The van der Waals surface area contributed by atoms with Gasteiger partial charge in [0.2, 0.25) is 0 Å². The second kappa shape index (κ2) is 4.66. The van der Waals surface area contributed by atoms with E-state index in [9.17, 15) is 0 Å². The molecule has 1 saturated heterocycles. The van der Waals surface area contributed by atoms with Crippen molar-refractivity contribution >= 4 is 0 Å². The van der Waals surface area contributed by atoms with E-state index in [1.165, 1.54) is 12.8 Å². The number of piperidine rings is 1. The Kier molecular flexibility index (Phi) is 3.72. The van der Waals surface area contributed by atoms with Gasteiger partial charge in [-0.3, -0.25) is 0 Å². The van der Waals surface area contributed by atoms with Crippen LogP contribution in [0.15, 0.2) is 0 Å². The van der Waals surface area contributed by atoms with Crippen molar-refractivity contribution in [3.8, 4) is 0 Å². The molecule has 1 atom stereocenters. The molecule has 0 amide bonds. The Bertz CT molecular complexity index is 81.7. The zero-order valence-corrected chi connectivity index (χ0v) is 6.21. The van der Waals surface area contributed by atoms with Gasteiger partial charge in [-0.15, -0.1) is 0 Å². The van der Waals surface area contributed by atoms with Gasteiger partial charge >= 0.3 is 0 Å². The Morgan fingerprint density at radius 1 is 1.60 bits per heavy atom. The first-order valence-corrected chi connectivity index (χ1v) is 3.91. The molecule has 0 aliphatic carbocycles.